The van der Waals surface area contributed by atoms with Crippen LogP contribution in [0.3, 0.4) is 0 Å². The summed E-state index contributed by atoms with van der Waals surface area (Å²) in [6, 6.07) is 18.1. The second-order valence-corrected chi connectivity index (χ2v) is 6.57. The largest absolute Gasteiger partial charge is 0.493 e. The molecule has 0 radical (unpaired) electrons. The number of fused-ring (bicyclic) bond motifs is 1. The fraction of sp³-hybridized carbons (Fsp3) is 0.227. The van der Waals surface area contributed by atoms with Crippen LogP contribution in [0.5, 0.6) is 11.6 Å². The number of ether oxygens (including phenoxy) is 1. The second-order valence-electron chi connectivity index (χ2n) is 6.57. The molecule has 2 aromatic carbocycles. The Labute approximate surface area is 178 Å². The Morgan fingerprint density at radius 2 is 1.87 bits per heavy atom. The molecule has 0 aliphatic heterocycles. The summed E-state index contributed by atoms with van der Waals surface area (Å²) in [6.07, 6.45) is 0.921. The van der Waals surface area contributed by atoms with Crippen molar-refractivity contribution in [3.8, 4) is 17.7 Å². The number of aromatic nitrogens is 1. The minimum atomic E-state index is -0.672. The molecule has 1 aromatic heterocycles. The van der Waals surface area contributed by atoms with Crippen LogP contribution in [0.1, 0.15) is 12.8 Å². The van der Waals surface area contributed by atoms with Crippen LogP contribution in [0.25, 0.3) is 10.9 Å². The van der Waals surface area contributed by atoms with Gasteiger partial charge >= 0.3 is 0 Å². The monoisotopic (exact) mass is 419 g/mol. The van der Waals surface area contributed by atoms with E-state index in [2.05, 4.69) is 21.6 Å². The molecule has 2 N–H and O–H groups in total. The van der Waals surface area contributed by atoms with Crippen molar-refractivity contribution >= 4 is 28.4 Å². The van der Waals surface area contributed by atoms with Gasteiger partial charge in [0.15, 0.2) is 12.3 Å². The van der Waals surface area contributed by atoms with E-state index in [9.17, 15) is 14.7 Å². The number of para-hydroxylation sites is 2. The molecule has 0 spiro atoms. The maximum absolute atomic E-state index is 12.0. The van der Waals surface area contributed by atoms with Gasteiger partial charge in [-0.2, -0.15) is 5.26 Å². The van der Waals surface area contributed by atoms with E-state index in [0.717, 1.165) is 5.52 Å². The zero-order valence-electron chi connectivity index (χ0n) is 16.7. The molecule has 9 nitrogen and oxygen atoms in total. The van der Waals surface area contributed by atoms with Gasteiger partial charge in [0.1, 0.15) is 12.3 Å². The molecular weight excluding hydrogens is 398 g/mol. The number of aryl methyl sites for hydroxylation is 1. The molecule has 0 aliphatic carbocycles. The van der Waals surface area contributed by atoms with Gasteiger partial charge in [0.05, 0.1) is 11.6 Å². The summed E-state index contributed by atoms with van der Waals surface area (Å²) in [6.45, 7) is -0.145. The van der Waals surface area contributed by atoms with Gasteiger partial charge in [0.2, 0.25) is 5.88 Å². The van der Waals surface area contributed by atoms with Crippen LogP contribution in [-0.4, -0.2) is 34.6 Å². The van der Waals surface area contributed by atoms with Gasteiger partial charge in [-0.1, -0.05) is 36.4 Å². The Morgan fingerprint density at radius 3 is 2.65 bits per heavy atom. The Hall–Kier alpha value is -4.19. The van der Waals surface area contributed by atoms with Crippen molar-refractivity contribution in [1.29, 1.82) is 5.26 Å². The number of carbonyl (C=O) groups is 2. The first kappa shape index (κ1) is 21.5. The molecule has 158 valence electrons. The Kier molecular flexibility index (Phi) is 7.32. The summed E-state index contributed by atoms with van der Waals surface area (Å²) >= 11 is 0. The molecule has 0 bridgehead atoms. The average Bonchev–Trinajstić information content (AvgIpc) is 3.06. The molecule has 0 fully saturated rings. The number of rotatable bonds is 9. The van der Waals surface area contributed by atoms with Gasteiger partial charge in [-0.05, 0) is 24.6 Å². The van der Waals surface area contributed by atoms with E-state index in [1.165, 1.54) is 0 Å². The first-order valence-corrected chi connectivity index (χ1v) is 9.66. The summed E-state index contributed by atoms with van der Waals surface area (Å²) in [4.78, 5) is 23.8. The first-order chi connectivity index (χ1) is 15.1. The number of aromatic hydroxyl groups is 1. The molecule has 0 aliphatic rings. The lowest BCUT2D eigenvalue weighted by atomic mass is 10.2. The molecule has 1 heterocycles. The number of nitrogens with one attached hydrogen (secondary N) is 1. The van der Waals surface area contributed by atoms with Crippen molar-refractivity contribution in [2.75, 3.05) is 13.2 Å². The normalized spacial score (nSPS) is 10.8. The van der Waals surface area contributed by atoms with Gasteiger partial charge < -0.3 is 19.7 Å². The highest BCUT2D eigenvalue weighted by molar-refractivity contribution is 5.95. The summed E-state index contributed by atoms with van der Waals surface area (Å²) in [5, 5.41) is 29.8. The third-order valence-electron chi connectivity index (χ3n) is 4.40. The van der Waals surface area contributed by atoms with E-state index in [-0.39, 0.29) is 24.7 Å². The summed E-state index contributed by atoms with van der Waals surface area (Å²) in [5.41, 5.74) is 0.894. The van der Waals surface area contributed by atoms with Crippen molar-refractivity contribution in [1.82, 2.24) is 9.88 Å². The van der Waals surface area contributed by atoms with Crippen LogP contribution in [0.15, 0.2) is 64.8 Å². The number of unbranched alkanes of at least 4 members (excludes halogenated alkanes) is 1. The van der Waals surface area contributed by atoms with Crippen molar-refractivity contribution in [2.45, 2.75) is 19.4 Å². The number of nitriles is 1. The average molecular weight is 419 g/mol. The lowest BCUT2D eigenvalue weighted by Crippen LogP contribution is -2.32. The maximum atomic E-state index is 12.0. The van der Waals surface area contributed by atoms with E-state index in [1.807, 2.05) is 18.2 Å². The van der Waals surface area contributed by atoms with Gasteiger partial charge in [-0.15, -0.1) is 10.2 Å². The molecule has 3 rings (SSSR count). The number of benzene rings is 2. The predicted octanol–water partition coefficient (Wildman–Crippen LogP) is 3.46. The lowest BCUT2D eigenvalue weighted by molar-refractivity contribution is -0.126. The van der Waals surface area contributed by atoms with E-state index >= 15 is 0 Å². The van der Waals surface area contributed by atoms with Crippen LogP contribution in [0.2, 0.25) is 0 Å². The number of hydrogen-bond acceptors (Lipinski definition) is 6. The molecule has 3 aromatic rings. The fourth-order valence-electron chi connectivity index (χ4n) is 2.94. The molecule has 0 saturated heterocycles. The molecular formula is C22H21N5O4. The van der Waals surface area contributed by atoms with Crippen LogP contribution < -0.4 is 10.1 Å². The molecule has 0 saturated carbocycles. The minimum Gasteiger partial charge on any atom is -0.493 e. The number of carbonyl (C=O) groups excluding carboxylic acids is 2. The quantitative estimate of drug-likeness (QED) is 0.405. The highest BCUT2D eigenvalue weighted by Gasteiger charge is 2.16. The van der Waals surface area contributed by atoms with Crippen LogP contribution in [0.4, 0.5) is 5.69 Å². The van der Waals surface area contributed by atoms with Crippen molar-refractivity contribution in [3.05, 3.63) is 54.6 Å². The molecule has 0 atom stereocenters. The van der Waals surface area contributed by atoms with E-state index < -0.39 is 11.8 Å². The van der Waals surface area contributed by atoms with Gasteiger partial charge in [0.25, 0.3) is 11.8 Å². The topological polar surface area (TPSA) is 129 Å². The third kappa shape index (κ3) is 5.67. The highest BCUT2D eigenvalue weighted by Crippen LogP contribution is 2.38. The Balaban J connectivity index is 1.60. The Morgan fingerprint density at radius 1 is 1.13 bits per heavy atom. The van der Waals surface area contributed by atoms with Crippen molar-refractivity contribution < 1.29 is 19.4 Å². The SMILES string of the molecule is N#CCCCn1c(O)c(N=NC(=O)CNC(=O)COc2ccccc2)c2ccccc21. The van der Waals surface area contributed by atoms with E-state index in [0.29, 0.717) is 30.5 Å². The standard InChI is InChI=1S/C22H21N5O4/c23-12-6-7-13-27-18-11-5-4-10-17(18)21(22(27)30)26-25-19(28)14-24-20(29)15-31-16-8-2-1-3-9-16/h1-5,8-11,30H,6-7,13-15H2,(H,24,29). The Bertz CT molecular complexity index is 1130. The van der Waals surface area contributed by atoms with Gasteiger partial charge in [0, 0.05) is 18.4 Å². The van der Waals surface area contributed by atoms with Crippen LogP contribution >= 0.6 is 0 Å². The van der Waals surface area contributed by atoms with Crippen molar-refractivity contribution in [3.63, 3.8) is 0 Å². The number of hydrogen-bond donors (Lipinski definition) is 2. The van der Waals surface area contributed by atoms with Crippen molar-refractivity contribution in [2.24, 2.45) is 10.2 Å². The second kappa shape index (κ2) is 10.5. The number of nitrogens with zero attached hydrogens (tertiary/aromatic N) is 4. The summed E-state index contributed by atoms with van der Waals surface area (Å²) < 4.78 is 6.94. The van der Waals surface area contributed by atoms with Crippen LogP contribution in [0, 0.1) is 11.3 Å². The smallest absolute Gasteiger partial charge is 0.283 e. The predicted molar refractivity (Wildman–Crippen MR) is 113 cm³/mol. The molecule has 9 heteroatoms. The first-order valence-electron chi connectivity index (χ1n) is 9.66. The lowest BCUT2D eigenvalue weighted by Gasteiger charge is -2.05. The van der Waals surface area contributed by atoms with Gasteiger partial charge in [-0.3, -0.25) is 9.59 Å². The third-order valence-corrected chi connectivity index (χ3v) is 4.40. The van der Waals surface area contributed by atoms with E-state index in [4.69, 9.17) is 10.00 Å². The minimum absolute atomic E-state index is 0.129. The zero-order chi connectivity index (χ0) is 22.1. The zero-order valence-corrected chi connectivity index (χ0v) is 16.7. The summed E-state index contributed by atoms with van der Waals surface area (Å²) in [5.74, 6) is -0.723. The summed E-state index contributed by atoms with van der Waals surface area (Å²) in [7, 11) is 0. The van der Waals surface area contributed by atoms with Crippen LogP contribution in [-0.2, 0) is 16.1 Å². The molecule has 0 unspecified atom stereocenters. The highest BCUT2D eigenvalue weighted by atomic mass is 16.5. The molecule has 31 heavy (non-hydrogen) atoms. The maximum Gasteiger partial charge on any atom is 0.283 e. The fourth-order valence-corrected chi connectivity index (χ4v) is 2.94. The van der Waals surface area contributed by atoms with Gasteiger partial charge in [-0.25, -0.2) is 0 Å². The van der Waals surface area contributed by atoms with E-state index in [1.54, 1.807) is 41.0 Å². The number of azo groups is 1. The molecule has 2 amide bonds. The number of amides is 2.